The van der Waals surface area contributed by atoms with E-state index in [1.807, 2.05) is 30.3 Å². The first-order valence-corrected chi connectivity index (χ1v) is 9.59. The molecule has 1 N–H and O–H groups in total. The van der Waals surface area contributed by atoms with Crippen molar-refractivity contribution in [1.29, 1.82) is 0 Å². The first-order chi connectivity index (χ1) is 14.5. The van der Waals surface area contributed by atoms with Crippen LogP contribution in [0.3, 0.4) is 0 Å². The average molecular weight is 443 g/mol. The van der Waals surface area contributed by atoms with Gasteiger partial charge < -0.3 is 9.73 Å². The summed E-state index contributed by atoms with van der Waals surface area (Å²) in [6.45, 7) is 1.49. The van der Waals surface area contributed by atoms with Crippen LogP contribution in [0.5, 0.6) is 0 Å². The van der Waals surface area contributed by atoms with Crippen molar-refractivity contribution in [1.82, 2.24) is 5.32 Å². The van der Waals surface area contributed by atoms with Gasteiger partial charge in [0, 0.05) is 23.1 Å². The Kier molecular flexibility index (Phi) is 5.50. The molecular formula is C24H18ClF3N2O. The van der Waals surface area contributed by atoms with Gasteiger partial charge in [-0.2, -0.15) is 13.2 Å². The highest BCUT2D eigenvalue weighted by molar-refractivity contribution is 6.06. The molecule has 0 aliphatic carbocycles. The Morgan fingerprint density at radius 2 is 1.48 bits per heavy atom. The number of benzene rings is 3. The molecule has 0 amide bonds. The molecule has 7 heteroatoms. The number of nitrogens with one attached hydrogen (secondary N) is 1. The summed E-state index contributed by atoms with van der Waals surface area (Å²) in [7, 11) is 0. The Morgan fingerprint density at radius 3 is 2.19 bits per heavy atom. The quantitative estimate of drug-likeness (QED) is 0.390. The Hall–Kier alpha value is -3.25. The molecule has 1 aromatic heterocycles. The molecule has 31 heavy (non-hydrogen) atoms. The molecule has 1 aliphatic rings. The van der Waals surface area contributed by atoms with Crippen molar-refractivity contribution in [3.63, 3.8) is 0 Å². The number of rotatable bonds is 3. The second kappa shape index (κ2) is 8.12. The zero-order valence-electron chi connectivity index (χ0n) is 16.2. The first kappa shape index (κ1) is 21.0. The number of furan rings is 1. The third-order valence-electron chi connectivity index (χ3n) is 5.21. The van der Waals surface area contributed by atoms with Gasteiger partial charge in [0.05, 0.1) is 12.1 Å². The van der Waals surface area contributed by atoms with Crippen molar-refractivity contribution in [2.75, 3.05) is 13.1 Å². The summed E-state index contributed by atoms with van der Waals surface area (Å²) in [6.07, 6.45) is -4.44. The van der Waals surface area contributed by atoms with Crippen molar-refractivity contribution in [3.8, 4) is 22.5 Å². The van der Waals surface area contributed by atoms with Gasteiger partial charge in [0.2, 0.25) is 0 Å². The number of hydrogen-bond acceptors (Lipinski definition) is 3. The van der Waals surface area contributed by atoms with Gasteiger partial charge in [0.15, 0.2) is 0 Å². The van der Waals surface area contributed by atoms with Crippen LogP contribution < -0.4 is 5.32 Å². The lowest BCUT2D eigenvalue weighted by Crippen LogP contribution is -2.20. The Balaban J connectivity index is 0.00000231. The number of hydrogen-bond donors (Lipinski definition) is 1. The Labute approximate surface area is 183 Å². The van der Waals surface area contributed by atoms with Crippen molar-refractivity contribution < 1.29 is 17.6 Å². The fraction of sp³-hybridized carbons (Fsp3) is 0.125. The second-order valence-corrected chi connectivity index (χ2v) is 7.07. The number of nitrogens with zero attached hydrogens (tertiary/aromatic N) is 1. The molecule has 158 valence electrons. The van der Waals surface area contributed by atoms with Crippen molar-refractivity contribution in [2.24, 2.45) is 4.99 Å². The number of fused-ring (bicyclic) bond motifs is 1. The highest BCUT2D eigenvalue weighted by Crippen LogP contribution is 2.41. The van der Waals surface area contributed by atoms with Gasteiger partial charge >= 0.3 is 6.18 Å². The molecule has 0 unspecified atom stereocenters. The van der Waals surface area contributed by atoms with Crippen LogP contribution in [0.15, 0.2) is 82.2 Å². The van der Waals surface area contributed by atoms with Crippen molar-refractivity contribution in [2.45, 2.75) is 6.18 Å². The van der Waals surface area contributed by atoms with E-state index in [1.54, 1.807) is 24.3 Å². The topological polar surface area (TPSA) is 37.5 Å². The van der Waals surface area contributed by atoms with E-state index >= 15 is 0 Å². The molecule has 0 saturated heterocycles. The monoisotopic (exact) mass is 442 g/mol. The summed E-state index contributed by atoms with van der Waals surface area (Å²) in [4.78, 5) is 4.49. The van der Waals surface area contributed by atoms with E-state index in [0.717, 1.165) is 29.6 Å². The fourth-order valence-corrected chi connectivity index (χ4v) is 3.88. The predicted molar refractivity (Wildman–Crippen MR) is 119 cm³/mol. The van der Waals surface area contributed by atoms with Crippen LogP contribution in [0.2, 0.25) is 0 Å². The molecule has 0 atom stereocenters. The lowest BCUT2D eigenvalue weighted by molar-refractivity contribution is -0.137. The molecule has 1 aliphatic heterocycles. The van der Waals surface area contributed by atoms with Gasteiger partial charge in [-0.15, -0.1) is 12.4 Å². The van der Waals surface area contributed by atoms with Crippen molar-refractivity contribution >= 4 is 29.2 Å². The number of amidine groups is 1. The van der Waals surface area contributed by atoms with Gasteiger partial charge in [0.1, 0.15) is 17.2 Å². The predicted octanol–water partition coefficient (Wildman–Crippen LogP) is 6.56. The highest BCUT2D eigenvalue weighted by Gasteiger charge is 2.33. The summed E-state index contributed by atoms with van der Waals surface area (Å²) in [6, 6.07) is 20.3. The van der Waals surface area contributed by atoms with Crippen LogP contribution in [0, 0.1) is 0 Å². The Bertz CT molecular complexity index is 1280. The fourth-order valence-electron chi connectivity index (χ4n) is 3.88. The zero-order chi connectivity index (χ0) is 20.7. The normalized spacial score (nSPS) is 13.6. The van der Waals surface area contributed by atoms with E-state index < -0.39 is 11.7 Å². The minimum atomic E-state index is -4.44. The minimum absolute atomic E-state index is 0. The SMILES string of the molecule is Cl.FC(F)(F)c1ccccc1-c1cccc2oc(-c3ccccc3C3=NCCN3)cc12. The van der Waals surface area contributed by atoms with Crippen LogP contribution in [0.4, 0.5) is 13.2 Å². The molecule has 0 spiro atoms. The van der Waals surface area contributed by atoms with Crippen LogP contribution in [-0.4, -0.2) is 18.9 Å². The van der Waals surface area contributed by atoms with Crippen LogP contribution >= 0.6 is 12.4 Å². The van der Waals surface area contributed by atoms with Gasteiger partial charge in [-0.25, -0.2) is 0 Å². The molecular weight excluding hydrogens is 425 g/mol. The lowest BCUT2D eigenvalue weighted by atomic mass is 9.96. The Morgan fingerprint density at radius 1 is 0.806 bits per heavy atom. The minimum Gasteiger partial charge on any atom is -0.456 e. The zero-order valence-corrected chi connectivity index (χ0v) is 17.1. The van der Waals surface area contributed by atoms with E-state index in [-0.39, 0.29) is 18.0 Å². The first-order valence-electron chi connectivity index (χ1n) is 9.59. The summed E-state index contributed by atoms with van der Waals surface area (Å²) >= 11 is 0. The third kappa shape index (κ3) is 3.79. The standard InChI is InChI=1S/C24H17F3N2O.ClH/c25-24(26,27)20-10-4-3-6-16(20)15-9-5-11-21-19(15)14-22(30-21)17-7-1-2-8-18(17)23-28-12-13-29-23;/h1-11,14H,12-13H2,(H,28,29);1H. The smallest absolute Gasteiger partial charge is 0.417 e. The average Bonchev–Trinajstić information content (AvgIpc) is 3.43. The van der Waals surface area contributed by atoms with E-state index in [2.05, 4.69) is 10.3 Å². The molecule has 0 fully saturated rings. The second-order valence-electron chi connectivity index (χ2n) is 7.07. The molecule has 0 bridgehead atoms. The van der Waals surface area contributed by atoms with E-state index in [4.69, 9.17) is 4.42 Å². The maximum Gasteiger partial charge on any atom is 0.417 e. The van der Waals surface area contributed by atoms with Crippen LogP contribution in [-0.2, 0) is 6.18 Å². The van der Waals surface area contributed by atoms with Gasteiger partial charge in [-0.3, -0.25) is 4.99 Å². The van der Waals surface area contributed by atoms with E-state index in [9.17, 15) is 13.2 Å². The van der Waals surface area contributed by atoms with Crippen LogP contribution in [0.1, 0.15) is 11.1 Å². The highest BCUT2D eigenvalue weighted by atomic mass is 35.5. The lowest BCUT2D eigenvalue weighted by Gasteiger charge is -2.13. The molecule has 4 aromatic rings. The molecule has 0 saturated carbocycles. The maximum atomic E-state index is 13.6. The summed E-state index contributed by atoms with van der Waals surface area (Å²) < 4.78 is 46.8. The van der Waals surface area contributed by atoms with Gasteiger partial charge in [-0.1, -0.05) is 54.6 Å². The van der Waals surface area contributed by atoms with Gasteiger partial charge in [-0.05, 0) is 29.3 Å². The number of alkyl halides is 3. The largest absolute Gasteiger partial charge is 0.456 e. The van der Waals surface area contributed by atoms with E-state index in [1.165, 1.54) is 12.1 Å². The van der Waals surface area contributed by atoms with E-state index in [0.29, 0.717) is 28.8 Å². The van der Waals surface area contributed by atoms with Crippen molar-refractivity contribution in [3.05, 3.63) is 83.9 Å². The van der Waals surface area contributed by atoms with Gasteiger partial charge in [0.25, 0.3) is 0 Å². The molecule has 3 aromatic carbocycles. The molecule has 0 radical (unpaired) electrons. The molecule has 5 rings (SSSR count). The van der Waals surface area contributed by atoms with Crippen LogP contribution in [0.25, 0.3) is 33.4 Å². The maximum absolute atomic E-state index is 13.6. The summed E-state index contributed by atoms with van der Waals surface area (Å²) in [5.41, 5.74) is 2.26. The summed E-state index contributed by atoms with van der Waals surface area (Å²) in [5.74, 6) is 1.39. The number of halogens is 4. The molecule has 2 heterocycles. The third-order valence-corrected chi connectivity index (χ3v) is 5.21. The number of aliphatic imine (C=N–C) groups is 1. The summed E-state index contributed by atoms with van der Waals surface area (Å²) in [5, 5.41) is 3.90. The molecule has 3 nitrogen and oxygen atoms in total.